The van der Waals surface area contributed by atoms with Crippen LogP contribution in [0.3, 0.4) is 0 Å². The number of nitro benzene ring substituents is 1. The van der Waals surface area contributed by atoms with Gasteiger partial charge in [-0.3, -0.25) is 14.9 Å². The van der Waals surface area contributed by atoms with Crippen LogP contribution in [0, 0.1) is 17.0 Å². The molecule has 9 heteroatoms. The number of hydrogen-bond acceptors (Lipinski definition) is 6. The number of anilines is 1. The Bertz CT molecular complexity index is 942. The van der Waals surface area contributed by atoms with Gasteiger partial charge in [-0.05, 0) is 30.2 Å². The number of nitro groups is 1. The predicted octanol–water partition coefficient (Wildman–Crippen LogP) is 3.76. The van der Waals surface area contributed by atoms with Crippen LogP contribution in [0.15, 0.2) is 42.5 Å². The summed E-state index contributed by atoms with van der Waals surface area (Å²) in [5.74, 6) is -1.31. The lowest BCUT2D eigenvalue weighted by Gasteiger charge is -2.10. The van der Waals surface area contributed by atoms with Gasteiger partial charge in [0.2, 0.25) is 0 Å². The third-order valence-electron chi connectivity index (χ3n) is 3.65. The van der Waals surface area contributed by atoms with Crippen molar-refractivity contribution in [2.24, 2.45) is 0 Å². The number of halogens is 1. The van der Waals surface area contributed by atoms with Gasteiger partial charge in [0.05, 0.1) is 12.0 Å². The van der Waals surface area contributed by atoms with Crippen molar-refractivity contribution in [1.82, 2.24) is 0 Å². The lowest BCUT2D eigenvalue weighted by Crippen LogP contribution is -2.20. The SMILES string of the molecule is COc1cc(NC(=O)COC(=O)/C=C/c2ccccc2Cl)c(C)cc1[N+](=O)[O-]. The summed E-state index contributed by atoms with van der Waals surface area (Å²) < 4.78 is 9.84. The molecule has 0 saturated carbocycles. The molecule has 0 saturated heterocycles. The molecule has 2 aromatic rings. The van der Waals surface area contributed by atoms with Crippen LogP contribution in [0.4, 0.5) is 11.4 Å². The average molecular weight is 405 g/mol. The highest BCUT2D eigenvalue weighted by molar-refractivity contribution is 6.32. The quantitative estimate of drug-likeness (QED) is 0.326. The largest absolute Gasteiger partial charge is 0.490 e. The number of hydrogen-bond donors (Lipinski definition) is 1. The second-order valence-electron chi connectivity index (χ2n) is 5.61. The van der Waals surface area contributed by atoms with Crippen LogP contribution in [0.2, 0.25) is 5.02 Å². The first-order valence-corrected chi connectivity index (χ1v) is 8.42. The summed E-state index contributed by atoms with van der Waals surface area (Å²) in [6.07, 6.45) is 2.64. The van der Waals surface area contributed by atoms with E-state index in [1.54, 1.807) is 31.2 Å². The Morgan fingerprint density at radius 3 is 2.64 bits per heavy atom. The van der Waals surface area contributed by atoms with E-state index in [0.717, 1.165) is 6.08 Å². The Balaban J connectivity index is 1.96. The average Bonchev–Trinajstić information content (AvgIpc) is 2.66. The highest BCUT2D eigenvalue weighted by Crippen LogP contribution is 2.32. The minimum absolute atomic E-state index is 0.00516. The lowest BCUT2D eigenvalue weighted by atomic mass is 10.1. The van der Waals surface area contributed by atoms with E-state index >= 15 is 0 Å². The number of nitrogens with zero attached hydrogens (tertiary/aromatic N) is 1. The van der Waals surface area contributed by atoms with Crippen molar-refractivity contribution in [2.75, 3.05) is 19.0 Å². The molecule has 0 atom stereocenters. The Morgan fingerprint density at radius 2 is 2.00 bits per heavy atom. The maximum atomic E-state index is 12.0. The van der Waals surface area contributed by atoms with E-state index in [0.29, 0.717) is 21.8 Å². The van der Waals surface area contributed by atoms with E-state index < -0.39 is 23.4 Å². The molecule has 0 unspecified atom stereocenters. The summed E-state index contributed by atoms with van der Waals surface area (Å²) >= 11 is 5.98. The van der Waals surface area contributed by atoms with Crippen LogP contribution in [-0.4, -0.2) is 30.5 Å². The summed E-state index contributed by atoms with van der Waals surface area (Å²) in [5, 5.41) is 14.0. The maximum absolute atomic E-state index is 12.0. The number of nitrogens with one attached hydrogen (secondary N) is 1. The van der Waals surface area contributed by atoms with Crippen molar-refractivity contribution in [3.05, 3.63) is 68.7 Å². The van der Waals surface area contributed by atoms with E-state index in [1.165, 1.54) is 25.3 Å². The van der Waals surface area contributed by atoms with Gasteiger partial charge in [-0.15, -0.1) is 0 Å². The summed E-state index contributed by atoms with van der Waals surface area (Å²) in [5.41, 5.74) is 1.20. The fraction of sp³-hybridized carbons (Fsp3) is 0.158. The zero-order valence-electron chi connectivity index (χ0n) is 15.1. The summed E-state index contributed by atoms with van der Waals surface area (Å²) in [7, 11) is 1.29. The van der Waals surface area contributed by atoms with Gasteiger partial charge in [-0.2, -0.15) is 0 Å². The number of amides is 1. The number of rotatable bonds is 7. The van der Waals surface area contributed by atoms with Crippen LogP contribution >= 0.6 is 11.6 Å². The second-order valence-corrected chi connectivity index (χ2v) is 6.01. The smallest absolute Gasteiger partial charge is 0.331 e. The Kier molecular flexibility index (Phi) is 7.11. The molecule has 28 heavy (non-hydrogen) atoms. The molecule has 0 heterocycles. The van der Waals surface area contributed by atoms with E-state index in [-0.39, 0.29) is 11.4 Å². The van der Waals surface area contributed by atoms with Gasteiger partial charge >= 0.3 is 11.7 Å². The van der Waals surface area contributed by atoms with Crippen molar-refractivity contribution >= 4 is 40.9 Å². The molecule has 0 aliphatic rings. The Hall–Kier alpha value is -3.39. The zero-order valence-corrected chi connectivity index (χ0v) is 15.9. The van der Waals surface area contributed by atoms with Crippen molar-refractivity contribution < 1.29 is 24.0 Å². The molecule has 2 aromatic carbocycles. The predicted molar refractivity (Wildman–Crippen MR) is 104 cm³/mol. The minimum Gasteiger partial charge on any atom is -0.490 e. The third-order valence-corrected chi connectivity index (χ3v) is 3.99. The second kappa shape index (κ2) is 9.52. The van der Waals surface area contributed by atoms with Crippen LogP contribution in [0.5, 0.6) is 5.75 Å². The van der Waals surface area contributed by atoms with Crippen molar-refractivity contribution in [1.29, 1.82) is 0 Å². The standard InChI is InChI=1S/C19H17ClN2O6/c1-12-9-16(22(25)26)17(27-2)10-15(12)21-18(23)11-28-19(24)8-7-13-5-3-4-6-14(13)20/h3-10H,11H2,1-2H3,(H,21,23)/b8-7+. The van der Waals surface area contributed by atoms with E-state index in [4.69, 9.17) is 21.1 Å². The maximum Gasteiger partial charge on any atom is 0.331 e. The Morgan fingerprint density at radius 1 is 1.29 bits per heavy atom. The number of carbonyl (C=O) groups is 2. The van der Waals surface area contributed by atoms with Crippen LogP contribution in [-0.2, 0) is 14.3 Å². The number of carbonyl (C=O) groups excluding carboxylic acids is 2. The molecule has 1 N–H and O–H groups in total. The van der Waals surface area contributed by atoms with Gasteiger partial charge < -0.3 is 14.8 Å². The lowest BCUT2D eigenvalue weighted by molar-refractivity contribution is -0.385. The van der Waals surface area contributed by atoms with Crippen LogP contribution in [0.1, 0.15) is 11.1 Å². The summed E-state index contributed by atoms with van der Waals surface area (Å²) in [4.78, 5) is 34.2. The van der Waals surface area contributed by atoms with E-state index in [2.05, 4.69) is 5.32 Å². The van der Waals surface area contributed by atoms with Gasteiger partial charge in [0.15, 0.2) is 12.4 Å². The first-order valence-electron chi connectivity index (χ1n) is 8.04. The van der Waals surface area contributed by atoms with Crippen LogP contribution in [0.25, 0.3) is 6.08 Å². The molecule has 0 fully saturated rings. The zero-order chi connectivity index (χ0) is 20.7. The topological polar surface area (TPSA) is 108 Å². The first kappa shape index (κ1) is 20.9. The summed E-state index contributed by atoms with van der Waals surface area (Å²) in [6.45, 7) is 1.07. The first-order chi connectivity index (χ1) is 13.3. The van der Waals surface area contributed by atoms with Gasteiger partial charge in [-0.25, -0.2) is 4.79 Å². The molecular formula is C19H17ClN2O6. The molecule has 2 rings (SSSR count). The fourth-order valence-corrected chi connectivity index (χ4v) is 2.45. The highest BCUT2D eigenvalue weighted by Gasteiger charge is 2.18. The highest BCUT2D eigenvalue weighted by atomic mass is 35.5. The van der Waals surface area contributed by atoms with E-state index in [1.807, 2.05) is 0 Å². The minimum atomic E-state index is -0.715. The number of methoxy groups -OCH3 is 1. The molecule has 146 valence electrons. The molecule has 1 amide bonds. The summed E-state index contributed by atoms with van der Waals surface area (Å²) in [6, 6.07) is 9.56. The molecular weight excluding hydrogens is 388 g/mol. The molecule has 0 aromatic heterocycles. The van der Waals surface area contributed by atoms with Gasteiger partial charge in [0.1, 0.15) is 0 Å². The van der Waals surface area contributed by atoms with Crippen molar-refractivity contribution in [3.63, 3.8) is 0 Å². The molecule has 0 aliphatic carbocycles. The van der Waals surface area contributed by atoms with E-state index in [9.17, 15) is 19.7 Å². The number of aryl methyl sites for hydroxylation is 1. The van der Waals surface area contributed by atoms with Gasteiger partial charge in [0.25, 0.3) is 5.91 Å². The van der Waals surface area contributed by atoms with Gasteiger partial charge in [-0.1, -0.05) is 29.8 Å². The number of ether oxygens (including phenoxy) is 2. The van der Waals surface area contributed by atoms with Gasteiger partial charge in [0, 0.05) is 28.9 Å². The normalized spacial score (nSPS) is 10.5. The molecule has 0 radical (unpaired) electrons. The third kappa shape index (κ3) is 5.55. The molecule has 0 bridgehead atoms. The van der Waals surface area contributed by atoms with Crippen LogP contribution < -0.4 is 10.1 Å². The monoisotopic (exact) mass is 404 g/mol. The molecule has 8 nitrogen and oxygen atoms in total. The number of benzene rings is 2. The van der Waals surface area contributed by atoms with Crippen molar-refractivity contribution in [2.45, 2.75) is 6.92 Å². The fourth-order valence-electron chi connectivity index (χ4n) is 2.25. The molecule has 0 aliphatic heterocycles. The molecule has 0 spiro atoms. The Labute approximate surface area is 165 Å². The van der Waals surface area contributed by atoms with Crippen molar-refractivity contribution in [3.8, 4) is 5.75 Å². The number of esters is 1.